The molecule has 17 heavy (non-hydrogen) atoms. The van der Waals surface area contributed by atoms with Crippen molar-refractivity contribution in [3.05, 3.63) is 29.8 Å². The monoisotopic (exact) mass is 235 g/mol. The van der Waals surface area contributed by atoms with E-state index in [4.69, 9.17) is 4.74 Å². The third-order valence-electron chi connectivity index (χ3n) is 3.23. The lowest BCUT2D eigenvalue weighted by Crippen LogP contribution is -2.29. The predicted molar refractivity (Wildman–Crippen MR) is 68.0 cm³/mol. The summed E-state index contributed by atoms with van der Waals surface area (Å²) < 4.78 is 5.89. The maximum Gasteiger partial charge on any atom is 0.120 e. The molecule has 2 rings (SSSR count). The third kappa shape index (κ3) is 3.45. The van der Waals surface area contributed by atoms with Crippen LogP contribution in [0.2, 0.25) is 0 Å². The third-order valence-corrected chi connectivity index (χ3v) is 3.23. The second-order valence-electron chi connectivity index (χ2n) is 5.30. The summed E-state index contributed by atoms with van der Waals surface area (Å²) in [7, 11) is 0. The quantitative estimate of drug-likeness (QED) is 0.842. The van der Waals surface area contributed by atoms with E-state index in [1.165, 1.54) is 0 Å². The molecule has 0 spiro atoms. The lowest BCUT2D eigenvalue weighted by atomic mass is 10.1. The maximum atomic E-state index is 9.61. The van der Waals surface area contributed by atoms with Gasteiger partial charge in [0.05, 0.1) is 11.7 Å². The van der Waals surface area contributed by atoms with Crippen LogP contribution in [0, 0.1) is 0 Å². The highest BCUT2D eigenvalue weighted by atomic mass is 16.5. The molecule has 1 aliphatic rings. The Morgan fingerprint density at radius 3 is 2.82 bits per heavy atom. The number of nitrogens with one attached hydrogen (secondary N) is 1. The first kappa shape index (κ1) is 12.4. The van der Waals surface area contributed by atoms with E-state index < -0.39 is 0 Å². The first-order valence-electron chi connectivity index (χ1n) is 6.22. The van der Waals surface area contributed by atoms with E-state index >= 15 is 0 Å². The van der Waals surface area contributed by atoms with Crippen LogP contribution < -0.4 is 5.32 Å². The Morgan fingerprint density at radius 1 is 1.41 bits per heavy atom. The molecule has 0 amide bonds. The van der Waals surface area contributed by atoms with Crippen LogP contribution in [-0.2, 0) is 11.3 Å². The molecule has 0 saturated carbocycles. The molecule has 1 aliphatic heterocycles. The topological polar surface area (TPSA) is 41.5 Å². The van der Waals surface area contributed by atoms with Gasteiger partial charge in [0, 0.05) is 18.7 Å². The van der Waals surface area contributed by atoms with E-state index in [9.17, 15) is 5.11 Å². The Bertz CT molecular complexity index is 376. The zero-order chi connectivity index (χ0) is 12.3. The summed E-state index contributed by atoms with van der Waals surface area (Å²) in [5, 5.41) is 13.0. The van der Waals surface area contributed by atoms with Gasteiger partial charge in [0.1, 0.15) is 5.75 Å². The summed E-state index contributed by atoms with van der Waals surface area (Å²) in [4.78, 5) is 0. The number of hydrogen-bond acceptors (Lipinski definition) is 3. The highest BCUT2D eigenvalue weighted by Gasteiger charge is 2.31. The Labute approximate surface area is 103 Å². The van der Waals surface area contributed by atoms with Crippen molar-refractivity contribution in [3.8, 4) is 5.75 Å². The molecule has 1 aromatic rings. The van der Waals surface area contributed by atoms with Gasteiger partial charge in [0.2, 0.25) is 0 Å². The summed E-state index contributed by atoms with van der Waals surface area (Å²) in [6.45, 7) is 5.80. The Morgan fingerprint density at radius 2 is 2.18 bits per heavy atom. The van der Waals surface area contributed by atoms with Gasteiger partial charge in [-0.05, 0) is 32.8 Å². The van der Waals surface area contributed by atoms with Crippen LogP contribution in [0.4, 0.5) is 0 Å². The lowest BCUT2D eigenvalue weighted by Gasteiger charge is -2.19. The predicted octanol–water partition coefficient (Wildman–Crippen LogP) is 2.44. The minimum atomic E-state index is 0.0290. The van der Waals surface area contributed by atoms with E-state index in [1.54, 1.807) is 6.07 Å². The summed E-state index contributed by atoms with van der Waals surface area (Å²) >= 11 is 0. The highest BCUT2D eigenvalue weighted by molar-refractivity contribution is 5.31. The number of rotatable bonds is 4. The molecule has 1 heterocycles. The van der Waals surface area contributed by atoms with E-state index in [-0.39, 0.29) is 5.60 Å². The van der Waals surface area contributed by atoms with Crippen LogP contribution in [0.1, 0.15) is 32.3 Å². The van der Waals surface area contributed by atoms with Gasteiger partial charge < -0.3 is 15.2 Å². The molecule has 1 atom stereocenters. The normalized spacial score (nSPS) is 22.8. The standard InChI is InChI=1S/C14H21NO2/c1-14(2)8-7-12(17-14)10-15-9-11-5-3-4-6-13(11)16/h3-6,12,15-16H,7-10H2,1-2H3. The van der Waals surface area contributed by atoms with E-state index in [0.29, 0.717) is 18.4 Å². The van der Waals surface area contributed by atoms with Crippen LogP contribution in [0.5, 0.6) is 5.75 Å². The first-order chi connectivity index (χ1) is 8.07. The Kier molecular flexibility index (Phi) is 3.69. The van der Waals surface area contributed by atoms with Crippen LogP contribution in [0.3, 0.4) is 0 Å². The summed E-state index contributed by atoms with van der Waals surface area (Å²) in [5.41, 5.74) is 0.964. The molecule has 0 radical (unpaired) electrons. The van der Waals surface area contributed by atoms with Crippen molar-refractivity contribution in [2.24, 2.45) is 0 Å². The molecule has 3 nitrogen and oxygen atoms in total. The van der Waals surface area contributed by atoms with E-state index in [1.807, 2.05) is 18.2 Å². The Balaban J connectivity index is 1.76. The van der Waals surface area contributed by atoms with Gasteiger partial charge in [-0.1, -0.05) is 18.2 Å². The van der Waals surface area contributed by atoms with Gasteiger partial charge in [-0.3, -0.25) is 0 Å². The van der Waals surface area contributed by atoms with Crippen molar-refractivity contribution in [3.63, 3.8) is 0 Å². The summed E-state index contributed by atoms with van der Waals surface area (Å²) in [5.74, 6) is 0.354. The molecule has 1 fully saturated rings. The number of hydrogen-bond donors (Lipinski definition) is 2. The van der Waals surface area contributed by atoms with Crippen LogP contribution in [0.25, 0.3) is 0 Å². The molecule has 2 N–H and O–H groups in total. The average molecular weight is 235 g/mol. The fraction of sp³-hybridized carbons (Fsp3) is 0.571. The second kappa shape index (κ2) is 5.07. The molecule has 1 saturated heterocycles. The van der Waals surface area contributed by atoms with Gasteiger partial charge in [0.25, 0.3) is 0 Å². The summed E-state index contributed by atoms with van der Waals surface area (Å²) in [6, 6.07) is 7.42. The minimum Gasteiger partial charge on any atom is -0.508 e. The first-order valence-corrected chi connectivity index (χ1v) is 6.22. The van der Waals surface area contributed by atoms with Crippen LogP contribution in [-0.4, -0.2) is 23.4 Å². The van der Waals surface area contributed by atoms with E-state index in [0.717, 1.165) is 24.9 Å². The highest BCUT2D eigenvalue weighted by Crippen LogP contribution is 2.28. The molecule has 1 unspecified atom stereocenters. The zero-order valence-electron chi connectivity index (χ0n) is 10.6. The number of phenols is 1. The average Bonchev–Trinajstić information content (AvgIpc) is 2.61. The largest absolute Gasteiger partial charge is 0.508 e. The fourth-order valence-corrected chi connectivity index (χ4v) is 2.25. The fourth-order valence-electron chi connectivity index (χ4n) is 2.25. The minimum absolute atomic E-state index is 0.0290. The van der Waals surface area contributed by atoms with Gasteiger partial charge >= 0.3 is 0 Å². The Hall–Kier alpha value is -1.06. The van der Waals surface area contributed by atoms with Crippen molar-refractivity contribution < 1.29 is 9.84 Å². The molecule has 0 aromatic heterocycles. The van der Waals surface area contributed by atoms with Crippen molar-refractivity contribution in [2.45, 2.75) is 44.9 Å². The van der Waals surface area contributed by atoms with Gasteiger partial charge in [-0.15, -0.1) is 0 Å². The van der Waals surface area contributed by atoms with Crippen molar-refractivity contribution in [2.75, 3.05) is 6.54 Å². The SMILES string of the molecule is CC1(C)CCC(CNCc2ccccc2O)O1. The zero-order valence-corrected chi connectivity index (χ0v) is 10.6. The molecule has 3 heteroatoms. The van der Waals surface area contributed by atoms with E-state index in [2.05, 4.69) is 19.2 Å². The smallest absolute Gasteiger partial charge is 0.120 e. The second-order valence-corrected chi connectivity index (χ2v) is 5.30. The number of benzene rings is 1. The molecule has 94 valence electrons. The number of phenolic OH excluding ortho intramolecular Hbond substituents is 1. The van der Waals surface area contributed by atoms with Crippen molar-refractivity contribution in [1.82, 2.24) is 5.32 Å². The summed E-state index contributed by atoms with van der Waals surface area (Å²) in [6.07, 6.45) is 2.53. The van der Waals surface area contributed by atoms with Crippen molar-refractivity contribution in [1.29, 1.82) is 0 Å². The molecular formula is C14H21NO2. The molecule has 0 bridgehead atoms. The van der Waals surface area contributed by atoms with Gasteiger partial charge in [-0.2, -0.15) is 0 Å². The maximum absolute atomic E-state index is 9.61. The lowest BCUT2D eigenvalue weighted by molar-refractivity contribution is -0.0143. The number of aromatic hydroxyl groups is 1. The number of ether oxygens (including phenoxy) is 1. The molecular weight excluding hydrogens is 214 g/mol. The van der Waals surface area contributed by atoms with Gasteiger partial charge in [-0.25, -0.2) is 0 Å². The van der Waals surface area contributed by atoms with Gasteiger partial charge in [0.15, 0.2) is 0 Å². The van der Waals surface area contributed by atoms with Crippen LogP contribution in [0.15, 0.2) is 24.3 Å². The number of para-hydroxylation sites is 1. The molecule has 1 aromatic carbocycles. The van der Waals surface area contributed by atoms with Crippen molar-refractivity contribution >= 4 is 0 Å². The molecule has 0 aliphatic carbocycles. The van der Waals surface area contributed by atoms with Crippen LogP contribution >= 0.6 is 0 Å².